The van der Waals surface area contributed by atoms with Crippen LogP contribution in [0.5, 0.6) is 11.5 Å². The maximum absolute atomic E-state index is 11.9. The number of carbonyl (C=O) groups is 1. The number of ether oxygens (including phenoxy) is 3. The second-order valence-corrected chi connectivity index (χ2v) is 6.82. The van der Waals surface area contributed by atoms with Crippen LogP contribution < -0.4 is 14.8 Å². The number of esters is 1. The first-order chi connectivity index (χ1) is 14.2. The number of anilines is 1. The summed E-state index contributed by atoms with van der Waals surface area (Å²) in [6.07, 6.45) is 1.53. The summed E-state index contributed by atoms with van der Waals surface area (Å²) < 4.78 is 15.5. The lowest BCUT2D eigenvalue weighted by Gasteiger charge is -2.07. The molecule has 1 aromatic heterocycles. The van der Waals surface area contributed by atoms with E-state index < -0.39 is 5.97 Å². The average Bonchev–Trinajstić information content (AvgIpc) is 3.43. The van der Waals surface area contributed by atoms with E-state index in [0.717, 1.165) is 11.3 Å². The zero-order valence-electron chi connectivity index (χ0n) is 15.3. The van der Waals surface area contributed by atoms with Crippen LogP contribution in [0.15, 0.2) is 54.0 Å². The highest BCUT2D eigenvalue weighted by Gasteiger charge is 2.16. The number of para-hydroxylation sites is 1. The molecule has 1 N–H and O–H groups in total. The van der Waals surface area contributed by atoms with E-state index >= 15 is 0 Å². The van der Waals surface area contributed by atoms with Gasteiger partial charge in [-0.15, -0.1) is 11.3 Å². The van der Waals surface area contributed by atoms with Crippen molar-refractivity contribution in [1.29, 1.82) is 5.26 Å². The molecule has 0 radical (unpaired) electrons. The number of rotatable bonds is 5. The van der Waals surface area contributed by atoms with Gasteiger partial charge in [0.05, 0.1) is 24.1 Å². The van der Waals surface area contributed by atoms with E-state index in [1.54, 1.807) is 24.3 Å². The fourth-order valence-corrected chi connectivity index (χ4v) is 3.57. The molecule has 0 amide bonds. The maximum atomic E-state index is 11.9. The van der Waals surface area contributed by atoms with Gasteiger partial charge in [0.25, 0.3) is 0 Å². The Kier molecular flexibility index (Phi) is 5.14. The Morgan fingerprint density at radius 1 is 1.28 bits per heavy atom. The van der Waals surface area contributed by atoms with Crippen LogP contribution in [0.3, 0.4) is 0 Å². The summed E-state index contributed by atoms with van der Waals surface area (Å²) in [5.74, 6) is 0.920. The Morgan fingerprint density at radius 3 is 2.93 bits per heavy atom. The van der Waals surface area contributed by atoms with Crippen LogP contribution in [0.2, 0.25) is 0 Å². The molecule has 7 nitrogen and oxygen atoms in total. The number of nitriles is 1. The van der Waals surface area contributed by atoms with Gasteiger partial charge in [0, 0.05) is 17.1 Å². The molecule has 0 unspecified atom stereocenters. The summed E-state index contributed by atoms with van der Waals surface area (Å²) in [5.41, 5.74) is 2.88. The number of hydrogen-bond acceptors (Lipinski definition) is 8. The van der Waals surface area contributed by atoms with E-state index in [1.807, 2.05) is 23.6 Å². The zero-order valence-corrected chi connectivity index (χ0v) is 16.2. The van der Waals surface area contributed by atoms with Crippen molar-refractivity contribution in [3.05, 3.63) is 64.6 Å². The number of benzene rings is 2. The van der Waals surface area contributed by atoms with Crippen molar-refractivity contribution in [2.24, 2.45) is 0 Å². The molecule has 0 saturated carbocycles. The first-order valence-corrected chi connectivity index (χ1v) is 9.47. The predicted octanol–water partition coefficient (Wildman–Crippen LogP) is 4.30. The lowest BCUT2D eigenvalue weighted by Crippen LogP contribution is -2.05. The first-order valence-electron chi connectivity index (χ1n) is 8.59. The number of nitrogens with one attached hydrogen (secondary N) is 1. The van der Waals surface area contributed by atoms with E-state index in [0.29, 0.717) is 33.3 Å². The predicted molar refractivity (Wildman–Crippen MR) is 109 cm³/mol. The molecule has 29 heavy (non-hydrogen) atoms. The highest BCUT2D eigenvalue weighted by molar-refractivity contribution is 7.11. The first kappa shape index (κ1) is 18.5. The molecule has 1 aliphatic heterocycles. The van der Waals surface area contributed by atoms with Crippen LogP contribution in [0.1, 0.15) is 15.4 Å². The molecule has 0 atom stereocenters. The third-order valence-corrected chi connectivity index (χ3v) is 5.10. The van der Waals surface area contributed by atoms with Crippen molar-refractivity contribution in [1.82, 2.24) is 4.98 Å². The van der Waals surface area contributed by atoms with E-state index in [1.165, 1.54) is 24.6 Å². The molecule has 0 bridgehead atoms. The summed E-state index contributed by atoms with van der Waals surface area (Å²) >= 11 is 1.35. The minimum atomic E-state index is -0.459. The number of thiazole rings is 1. The smallest absolute Gasteiger partial charge is 0.339 e. The minimum absolute atomic E-state index is 0.209. The van der Waals surface area contributed by atoms with Gasteiger partial charge in [0.1, 0.15) is 16.6 Å². The molecule has 0 aliphatic carbocycles. The van der Waals surface area contributed by atoms with Crippen molar-refractivity contribution in [2.75, 3.05) is 19.2 Å². The van der Waals surface area contributed by atoms with E-state index in [-0.39, 0.29) is 6.79 Å². The largest absolute Gasteiger partial charge is 0.465 e. The number of fused-ring (bicyclic) bond motifs is 1. The van der Waals surface area contributed by atoms with Gasteiger partial charge in [0.15, 0.2) is 11.5 Å². The molecule has 0 saturated heterocycles. The van der Waals surface area contributed by atoms with Gasteiger partial charge < -0.3 is 19.5 Å². The van der Waals surface area contributed by atoms with Gasteiger partial charge in [-0.1, -0.05) is 12.1 Å². The Labute approximate surface area is 170 Å². The van der Waals surface area contributed by atoms with Gasteiger partial charge in [0.2, 0.25) is 6.79 Å². The summed E-state index contributed by atoms with van der Waals surface area (Å²) in [4.78, 5) is 16.4. The summed E-state index contributed by atoms with van der Waals surface area (Å²) in [5, 5.41) is 15.0. The molecule has 8 heteroatoms. The fourth-order valence-electron chi connectivity index (χ4n) is 2.77. The van der Waals surface area contributed by atoms with Crippen LogP contribution in [0.25, 0.3) is 16.8 Å². The van der Waals surface area contributed by atoms with E-state index in [9.17, 15) is 10.1 Å². The van der Waals surface area contributed by atoms with Crippen molar-refractivity contribution in [3.8, 4) is 28.8 Å². The van der Waals surface area contributed by atoms with Crippen LogP contribution in [-0.2, 0) is 4.74 Å². The Morgan fingerprint density at radius 2 is 2.10 bits per heavy atom. The molecule has 4 rings (SSSR count). The third-order valence-electron chi connectivity index (χ3n) is 4.23. The van der Waals surface area contributed by atoms with Crippen LogP contribution in [0, 0.1) is 11.3 Å². The van der Waals surface area contributed by atoms with E-state index in [2.05, 4.69) is 16.4 Å². The lowest BCUT2D eigenvalue weighted by atomic mass is 10.1. The maximum Gasteiger partial charge on any atom is 0.339 e. The lowest BCUT2D eigenvalue weighted by molar-refractivity contribution is 0.0602. The molecule has 2 aromatic carbocycles. The molecule has 144 valence electrons. The third kappa shape index (κ3) is 3.77. The Bertz CT molecular complexity index is 1150. The van der Waals surface area contributed by atoms with Gasteiger partial charge in [-0.25, -0.2) is 9.78 Å². The molecule has 2 heterocycles. The quantitative estimate of drug-likeness (QED) is 0.499. The summed E-state index contributed by atoms with van der Waals surface area (Å²) in [7, 11) is 1.32. The number of allylic oxidation sites excluding steroid dienone is 1. The zero-order chi connectivity index (χ0) is 20.2. The van der Waals surface area contributed by atoms with Gasteiger partial charge in [-0.2, -0.15) is 5.26 Å². The van der Waals surface area contributed by atoms with Gasteiger partial charge in [-0.05, 0) is 30.3 Å². The second-order valence-electron chi connectivity index (χ2n) is 5.96. The summed E-state index contributed by atoms with van der Waals surface area (Å²) in [6, 6.07) is 14.6. The topological polar surface area (TPSA) is 93.5 Å². The highest BCUT2D eigenvalue weighted by atomic mass is 32.1. The highest BCUT2D eigenvalue weighted by Crippen LogP contribution is 2.36. The molecule has 0 spiro atoms. The normalized spacial score (nSPS) is 12.3. The average molecular weight is 405 g/mol. The van der Waals surface area contributed by atoms with Crippen molar-refractivity contribution < 1.29 is 19.0 Å². The molecule has 1 aliphatic rings. The van der Waals surface area contributed by atoms with Crippen LogP contribution in [0.4, 0.5) is 5.69 Å². The molecule has 3 aromatic rings. The van der Waals surface area contributed by atoms with Crippen LogP contribution in [-0.4, -0.2) is 24.9 Å². The van der Waals surface area contributed by atoms with E-state index in [4.69, 9.17) is 14.2 Å². The fraction of sp³-hybridized carbons (Fsp3) is 0.0952. The monoisotopic (exact) mass is 405 g/mol. The summed E-state index contributed by atoms with van der Waals surface area (Å²) in [6.45, 7) is 0.209. The Balaban J connectivity index is 1.58. The minimum Gasteiger partial charge on any atom is -0.465 e. The van der Waals surface area contributed by atoms with Crippen LogP contribution >= 0.6 is 11.3 Å². The number of aromatic nitrogens is 1. The second kappa shape index (κ2) is 8.04. The van der Waals surface area contributed by atoms with Crippen molar-refractivity contribution in [3.63, 3.8) is 0 Å². The standard InChI is InChI=1S/C21H15N3O4S/c1-26-21(25)15-4-2-3-5-16(15)23-10-14(9-22)20-24-17(11-29-20)13-6-7-18-19(8-13)28-12-27-18/h2-8,10-11,23H,12H2,1H3/b14-10+. The SMILES string of the molecule is COC(=O)c1ccccc1N/C=C(\C#N)c1nc(-c2ccc3c(c2)OCO3)cs1. The van der Waals surface area contributed by atoms with Gasteiger partial charge >= 0.3 is 5.97 Å². The number of carbonyl (C=O) groups excluding carboxylic acids is 1. The van der Waals surface area contributed by atoms with Gasteiger partial charge in [-0.3, -0.25) is 0 Å². The Hall–Kier alpha value is -3.83. The van der Waals surface area contributed by atoms with Crippen molar-refractivity contribution >= 4 is 28.6 Å². The molecular weight excluding hydrogens is 390 g/mol. The number of methoxy groups -OCH3 is 1. The number of nitrogens with zero attached hydrogens (tertiary/aromatic N) is 2. The number of hydrogen-bond donors (Lipinski definition) is 1. The molecular formula is C21H15N3O4S. The van der Waals surface area contributed by atoms with Crippen molar-refractivity contribution in [2.45, 2.75) is 0 Å². The molecule has 0 fully saturated rings.